The summed E-state index contributed by atoms with van der Waals surface area (Å²) in [7, 11) is 1.69. The second kappa shape index (κ2) is 46.7. The van der Waals surface area contributed by atoms with Crippen molar-refractivity contribution in [3.8, 4) is 23.1 Å². The van der Waals surface area contributed by atoms with E-state index in [-0.39, 0.29) is 49.3 Å². The highest BCUT2D eigenvalue weighted by atomic mass is 32.2. The Hall–Kier alpha value is -16.3. The third-order valence-electron chi connectivity index (χ3n) is 21.9. The van der Waals surface area contributed by atoms with Gasteiger partial charge in [-0.05, 0) is 243 Å². The van der Waals surface area contributed by atoms with Crippen LogP contribution in [0.15, 0.2) is 424 Å². The van der Waals surface area contributed by atoms with E-state index >= 15 is 0 Å². The number of hydrogen-bond acceptors (Lipinski definition) is 23. The molecule has 3 fully saturated rings. The monoisotopic (exact) mass is 1950 g/mol. The Kier molecular flexibility index (Phi) is 31.9. The highest BCUT2D eigenvalue weighted by Gasteiger charge is 2.37. The average Bonchev–Trinajstić information content (AvgIpc) is 1.69. The molecule has 28 heteroatoms. The number of aromatic nitrogens is 3. The second-order valence-corrected chi connectivity index (χ2v) is 37.0. The molecule has 5 aliphatic rings. The van der Waals surface area contributed by atoms with Gasteiger partial charge in [0.1, 0.15) is 12.7 Å². The van der Waals surface area contributed by atoms with Gasteiger partial charge < -0.3 is 25.5 Å². The number of benzene rings is 13. The number of hydrogen-bond donors (Lipinski definition) is 5. The van der Waals surface area contributed by atoms with Crippen LogP contribution < -0.4 is 45.5 Å². The summed E-state index contributed by atoms with van der Waals surface area (Å²) in [5.41, 5.74) is 16.3. The van der Waals surface area contributed by atoms with Gasteiger partial charge in [0, 0.05) is 13.2 Å². The van der Waals surface area contributed by atoms with Crippen molar-refractivity contribution in [2.24, 2.45) is 44.9 Å². The van der Waals surface area contributed by atoms with E-state index in [1.807, 2.05) is 402 Å². The molecule has 0 bridgehead atoms. The van der Waals surface area contributed by atoms with Crippen LogP contribution in [0.25, 0.3) is 41.8 Å². The number of aromatic hydroxyl groups is 2. The lowest BCUT2D eigenvalue weighted by Crippen LogP contribution is -2.28. The summed E-state index contributed by atoms with van der Waals surface area (Å²) in [6.07, 6.45) is 14.3. The van der Waals surface area contributed by atoms with Gasteiger partial charge in [0.2, 0.25) is 11.8 Å². The van der Waals surface area contributed by atoms with Crippen molar-refractivity contribution >= 4 is 174 Å². The minimum absolute atomic E-state index is 0.00259. The number of pyridine rings is 1. The molecule has 0 saturated carbocycles. The molecule has 3 saturated heterocycles. The number of thiazole rings is 2. The molecule has 16 aromatic rings. The van der Waals surface area contributed by atoms with Crippen LogP contribution in [-0.4, -0.2) is 92.6 Å². The lowest BCUT2D eigenvalue weighted by molar-refractivity contribution is -0.114. The number of amidine groups is 3. The Morgan fingerprint density at radius 1 is 0.348 bits per heavy atom. The van der Waals surface area contributed by atoms with Crippen molar-refractivity contribution in [3.05, 3.63) is 475 Å². The number of nitrogens with zero attached hydrogens (tertiary/aromatic N) is 15. The van der Waals surface area contributed by atoms with E-state index in [4.69, 9.17) is 20.1 Å². The molecule has 0 spiro atoms. The van der Waals surface area contributed by atoms with Crippen LogP contribution in [0.2, 0.25) is 0 Å². The van der Waals surface area contributed by atoms with E-state index in [1.54, 1.807) is 49.8 Å². The van der Waals surface area contributed by atoms with Crippen LogP contribution in [0, 0.1) is 13.8 Å². The van der Waals surface area contributed by atoms with Gasteiger partial charge in [-0.15, -0.1) is 0 Å². The van der Waals surface area contributed by atoms with Gasteiger partial charge in [0.05, 0.1) is 114 Å². The molecule has 23 nitrogen and oxygen atoms in total. The molecule has 141 heavy (non-hydrogen) atoms. The third-order valence-corrected chi connectivity index (χ3v) is 27.0. The number of anilines is 3. The van der Waals surface area contributed by atoms with Gasteiger partial charge in [-0.25, -0.2) is 34.9 Å². The van der Waals surface area contributed by atoms with Gasteiger partial charge >= 0.3 is 0 Å². The lowest BCUT2D eigenvalue weighted by atomic mass is 10.1. The summed E-state index contributed by atoms with van der Waals surface area (Å²) in [5, 5.41) is 55.1. The molecular weight excluding hydrogens is 1860 g/mol. The number of aliphatic hydroxyl groups is 3. The Labute approximate surface area is 833 Å². The van der Waals surface area contributed by atoms with Gasteiger partial charge in [0.25, 0.3) is 17.7 Å². The molecule has 5 N–H and O–H groups in total. The SMILES string of the molecule is CN=C1S/C(=C\c2ccc(CO)cc2)C(=O)N1c1ccccc1.Cc1ccc(N=C2S/C(=C\c3ccc(CO)cc3)C(=O)N2c2ccccc2)nc1.Cc1ccc(N=c2sc(C=c3ccc4c(c3)N=CN=4)c(O)n2-c2ccccc2)cc1.O=C1/C(=C/c2ccc(CO)cc2)SC(=NCc2ccccc2)N1c1ccccc1.Oc1c(C=c2ccc3c(c2)N=CN=3)sc(=NCc2ccccc2)n1-c1ccccc1. The number of amides is 3. The first kappa shape index (κ1) is 96.4. The number of aliphatic hydroxyl groups excluding tert-OH is 3. The topological polar surface area (TPSA) is 296 Å². The van der Waals surface area contributed by atoms with Crippen molar-refractivity contribution < 1.29 is 39.9 Å². The number of para-hydroxylation sites is 5. The summed E-state index contributed by atoms with van der Waals surface area (Å²) in [6.45, 7) is 5.08. The lowest BCUT2D eigenvalue weighted by Gasteiger charge is -2.15. The molecule has 696 valence electrons. The van der Waals surface area contributed by atoms with Crippen molar-refractivity contribution in [1.82, 2.24) is 14.1 Å². The highest BCUT2D eigenvalue weighted by Crippen LogP contribution is 2.41. The smallest absolute Gasteiger partial charge is 0.271 e. The van der Waals surface area contributed by atoms with Crippen molar-refractivity contribution in [1.29, 1.82) is 0 Å². The summed E-state index contributed by atoms with van der Waals surface area (Å²) in [6, 6.07) is 114. The predicted molar refractivity (Wildman–Crippen MR) is 573 cm³/mol. The zero-order valence-corrected chi connectivity index (χ0v) is 80.5. The quantitative estimate of drug-likeness (QED) is 0.0472. The minimum atomic E-state index is -0.127. The van der Waals surface area contributed by atoms with E-state index < -0.39 is 0 Å². The van der Waals surface area contributed by atoms with Crippen LogP contribution in [0.5, 0.6) is 11.8 Å². The number of thioether (sulfide) groups is 3. The van der Waals surface area contributed by atoms with Crippen LogP contribution in [0.1, 0.15) is 65.4 Å². The van der Waals surface area contributed by atoms with E-state index in [2.05, 4.69) is 34.9 Å². The first-order valence-corrected chi connectivity index (χ1v) is 48.8. The van der Waals surface area contributed by atoms with Gasteiger partial charge in [-0.2, -0.15) is 0 Å². The maximum absolute atomic E-state index is 13.2. The zero-order valence-electron chi connectivity index (χ0n) is 76.4. The largest absolute Gasteiger partial charge is 0.493 e. The summed E-state index contributed by atoms with van der Waals surface area (Å²) in [5.74, 6) is 0.600. The molecule has 3 aromatic heterocycles. The Morgan fingerprint density at radius 3 is 1.11 bits per heavy atom. The van der Waals surface area contributed by atoms with E-state index in [1.165, 1.54) is 63.5 Å². The highest BCUT2D eigenvalue weighted by molar-refractivity contribution is 8.20. The summed E-state index contributed by atoms with van der Waals surface area (Å²) in [4.78, 5) is 93.2. The van der Waals surface area contributed by atoms with Crippen molar-refractivity contribution in [3.63, 3.8) is 0 Å². The fraction of sp³-hybridized carbons (Fsp3) is 0.0708. The number of aliphatic imine (C=N–C) groups is 5. The molecule has 0 atom stereocenters. The molecule has 21 rings (SSSR count). The Bertz CT molecular complexity index is 7910. The number of fused-ring (bicyclic) bond motifs is 2. The molecule has 0 radical (unpaired) electrons. The first-order chi connectivity index (χ1) is 69.0. The molecule has 0 unspecified atom stereocenters. The van der Waals surface area contributed by atoms with Crippen LogP contribution in [0.3, 0.4) is 0 Å². The average molecular weight is 1950 g/mol. The van der Waals surface area contributed by atoms with E-state index in [9.17, 15) is 34.8 Å². The minimum Gasteiger partial charge on any atom is -0.493 e. The maximum atomic E-state index is 13.2. The van der Waals surface area contributed by atoms with Gasteiger partial charge in [0.15, 0.2) is 30.9 Å². The number of carbonyl (C=O) groups is 3. The fourth-order valence-electron chi connectivity index (χ4n) is 14.7. The Balaban J connectivity index is 0.000000122. The van der Waals surface area contributed by atoms with Crippen LogP contribution in [0.4, 0.5) is 39.9 Å². The van der Waals surface area contributed by atoms with E-state index in [0.717, 1.165) is 131 Å². The molecule has 13 aromatic carbocycles. The Morgan fingerprint density at radius 2 is 0.709 bits per heavy atom. The molecular formula is C113H91N15O8S5. The van der Waals surface area contributed by atoms with Crippen LogP contribution >= 0.6 is 58.0 Å². The second-order valence-electron chi connectivity index (χ2n) is 31.9. The van der Waals surface area contributed by atoms with Gasteiger partial charge in [-0.1, -0.05) is 283 Å². The number of aryl methyl sites for hydroxylation is 2. The predicted octanol–water partition coefficient (Wildman–Crippen LogP) is 20.2. The van der Waals surface area contributed by atoms with Crippen molar-refractivity contribution in [2.45, 2.75) is 46.8 Å². The normalized spacial score (nSPS) is 15.6. The summed E-state index contributed by atoms with van der Waals surface area (Å²) >= 11 is 6.97. The van der Waals surface area contributed by atoms with Crippen LogP contribution in [-0.2, 0) is 47.3 Å². The van der Waals surface area contributed by atoms with E-state index in [0.29, 0.717) is 53.9 Å². The molecule has 5 aliphatic heterocycles. The van der Waals surface area contributed by atoms with Gasteiger partial charge in [-0.3, -0.25) is 53.2 Å². The number of rotatable bonds is 19. The fourth-order valence-corrected chi connectivity index (χ4v) is 19.6. The standard InChI is InChI=1S/2C24H18N4OS.C24H20N2O2S.C23H19N3O2S.C18H16N2O2S/c1-16-7-10-18(11-8-16)27-24-28(19-5-3-2-4-6-19)23(29)22(30-24)14-17-9-12-20-21(13-17)26-15-25-20;29-23-22(14-18-11-12-20-21(13-18)27-16-26-20)30-24(25-15-17-7-3-1-4-8-17)28(23)19-9-5-2-6-10-19;27-17-20-13-11-18(12-14-20)15-22-23(28)26(21-9-5-2-6-10-21)24(29-22)25-16-19-7-3-1-4-8-19;1-16-7-12-21(24-14-16)25-23-26(19-5-3-2-4-6-19)22(28)20(29-23)13-17-8-10-18(15-27)11-9-17;1-19-18-20(15-5-3-2-4-6-15)17(22)16(23-18)11-13-7-9-14(12-21)10-8-13/h2-15,29H,1H3;1-14,16,29H,15H2;1-15,27H,16-17H2;2-14,27H,15H2,1H3;2-11,21H,12H2,1H3/b;;22-15-,25-24?;20-13-,25-23?;16-11-,19-18?. The molecule has 0 aliphatic carbocycles. The third kappa shape index (κ3) is 24.5. The number of carbonyl (C=O) groups excluding carboxylic acids is 3. The molecule has 8 heterocycles. The zero-order chi connectivity index (χ0) is 97.3. The summed E-state index contributed by atoms with van der Waals surface area (Å²) < 4.78 is 3.57. The maximum Gasteiger partial charge on any atom is 0.271 e. The first-order valence-electron chi connectivity index (χ1n) is 44.7. The van der Waals surface area contributed by atoms with Crippen molar-refractivity contribution in [2.75, 3.05) is 21.7 Å². The molecule has 3 amide bonds.